The van der Waals surface area contributed by atoms with Gasteiger partial charge in [0, 0.05) is 33.7 Å². The second-order valence-corrected chi connectivity index (χ2v) is 16.3. The number of hydrogen-bond donors (Lipinski definition) is 1. The van der Waals surface area contributed by atoms with E-state index in [1.165, 1.54) is 105 Å². The van der Waals surface area contributed by atoms with E-state index in [4.69, 9.17) is 0 Å². The lowest BCUT2D eigenvalue weighted by molar-refractivity contribution is 0.754. The van der Waals surface area contributed by atoms with Gasteiger partial charge in [-0.3, -0.25) is 0 Å². The molecule has 0 bridgehead atoms. The van der Waals surface area contributed by atoms with Crippen molar-refractivity contribution in [2.24, 2.45) is 0 Å². The fourth-order valence-electron chi connectivity index (χ4n) is 10.7. The largest absolute Gasteiger partial charge is 0.355 e. The summed E-state index contributed by atoms with van der Waals surface area (Å²) in [6.45, 7) is 0. The van der Waals surface area contributed by atoms with Gasteiger partial charge in [-0.25, -0.2) is 0 Å². The van der Waals surface area contributed by atoms with Crippen molar-refractivity contribution in [1.29, 1.82) is 0 Å². The SMILES string of the molecule is [B]1c2cccc3c2N(c2ccccc2C32c3ccccc3-c3ccccc32)c2c1c(-c1cc3ccccc3cc1Nc1ccc(-c3ccccc3)cc1)cc1ccccc21. The molecule has 60 heavy (non-hydrogen) atoms. The predicted octanol–water partition coefficient (Wildman–Crippen LogP) is 13.2. The van der Waals surface area contributed by atoms with Crippen molar-refractivity contribution >= 4 is 68.2 Å². The van der Waals surface area contributed by atoms with Crippen LogP contribution in [0.15, 0.2) is 212 Å². The maximum Gasteiger partial charge on any atom is 0.197 e. The highest BCUT2D eigenvalue weighted by molar-refractivity contribution is 6.74. The Balaban J connectivity index is 1.06. The molecule has 0 saturated heterocycles. The molecule has 10 aromatic carbocycles. The van der Waals surface area contributed by atoms with Crippen molar-refractivity contribution in [3.63, 3.8) is 0 Å². The van der Waals surface area contributed by atoms with E-state index in [9.17, 15) is 0 Å². The first-order valence-corrected chi connectivity index (χ1v) is 20.8. The van der Waals surface area contributed by atoms with Gasteiger partial charge in [0.25, 0.3) is 0 Å². The van der Waals surface area contributed by atoms with Gasteiger partial charge in [-0.2, -0.15) is 0 Å². The number of rotatable bonds is 4. The molecule has 0 unspecified atom stereocenters. The lowest BCUT2D eigenvalue weighted by Gasteiger charge is -2.48. The van der Waals surface area contributed by atoms with Crippen LogP contribution in [-0.2, 0) is 5.41 Å². The van der Waals surface area contributed by atoms with E-state index in [0.717, 1.165) is 11.4 Å². The zero-order valence-corrected chi connectivity index (χ0v) is 32.7. The first kappa shape index (κ1) is 33.4. The minimum atomic E-state index is -0.462. The molecule has 0 fully saturated rings. The van der Waals surface area contributed by atoms with Crippen LogP contribution in [0.4, 0.5) is 28.4 Å². The Morgan fingerprint density at radius 1 is 0.400 bits per heavy atom. The molecule has 3 aliphatic rings. The van der Waals surface area contributed by atoms with Crippen LogP contribution in [0, 0.1) is 0 Å². The zero-order valence-electron chi connectivity index (χ0n) is 32.7. The standard InChI is InChI=1S/C57H36BN2/c1-2-15-36(16-3-1)37-29-31-41(32-30-37)59-52-35-39-18-5-4-17-38(39)33-45(52)46-34-40-19-6-7-20-42(40)55-54(46)58-51-27-14-26-50-56(51)60(55)53-28-13-12-25-49(53)57(50)47-23-10-8-21-43(47)44-22-9-11-24-48(44)57/h1-35,59H. The number of fused-ring (bicyclic) bond motifs is 14. The van der Waals surface area contributed by atoms with Crippen molar-refractivity contribution in [3.05, 3.63) is 235 Å². The van der Waals surface area contributed by atoms with Crippen LogP contribution < -0.4 is 21.1 Å². The summed E-state index contributed by atoms with van der Waals surface area (Å²) in [4.78, 5) is 2.60. The summed E-state index contributed by atoms with van der Waals surface area (Å²) < 4.78 is 0. The minimum Gasteiger partial charge on any atom is -0.355 e. The topological polar surface area (TPSA) is 15.3 Å². The molecule has 277 valence electrons. The van der Waals surface area contributed by atoms with Crippen molar-refractivity contribution < 1.29 is 0 Å². The molecule has 0 amide bonds. The van der Waals surface area contributed by atoms with Crippen LogP contribution in [0.25, 0.3) is 54.9 Å². The van der Waals surface area contributed by atoms with E-state index in [2.05, 4.69) is 230 Å². The average molecular weight is 760 g/mol. The van der Waals surface area contributed by atoms with Gasteiger partial charge in [0.05, 0.1) is 11.1 Å². The molecule has 1 radical (unpaired) electrons. The second-order valence-electron chi connectivity index (χ2n) is 16.3. The number of hydrogen-bond acceptors (Lipinski definition) is 2. The van der Waals surface area contributed by atoms with E-state index >= 15 is 0 Å². The number of nitrogens with one attached hydrogen (secondary N) is 1. The maximum absolute atomic E-state index is 3.90. The lowest BCUT2D eigenvalue weighted by atomic mass is 9.54. The molecule has 0 saturated carbocycles. The van der Waals surface area contributed by atoms with Gasteiger partial charge in [0.2, 0.25) is 0 Å². The van der Waals surface area contributed by atoms with Crippen molar-refractivity contribution in [2.75, 3.05) is 10.2 Å². The zero-order chi connectivity index (χ0) is 39.4. The lowest BCUT2D eigenvalue weighted by Crippen LogP contribution is -2.47. The smallest absolute Gasteiger partial charge is 0.197 e. The molecular weight excluding hydrogens is 723 g/mol. The Morgan fingerprint density at radius 2 is 0.983 bits per heavy atom. The summed E-state index contributed by atoms with van der Waals surface area (Å²) in [7, 11) is 2.47. The number of benzene rings is 10. The Kier molecular flexibility index (Phi) is 7.06. The van der Waals surface area contributed by atoms with E-state index in [0.29, 0.717) is 0 Å². The Hall–Kier alpha value is -7.62. The summed E-state index contributed by atoms with van der Waals surface area (Å²) in [6.07, 6.45) is 0. The van der Waals surface area contributed by atoms with Crippen molar-refractivity contribution in [2.45, 2.75) is 5.41 Å². The van der Waals surface area contributed by atoms with Crippen LogP contribution in [0.1, 0.15) is 22.3 Å². The van der Waals surface area contributed by atoms with E-state index in [1.807, 2.05) is 0 Å². The third-order valence-corrected chi connectivity index (χ3v) is 13.2. The molecule has 2 heterocycles. The van der Waals surface area contributed by atoms with Crippen LogP contribution in [0.5, 0.6) is 0 Å². The van der Waals surface area contributed by atoms with E-state index in [-0.39, 0.29) is 0 Å². The molecule has 3 heteroatoms. The third-order valence-electron chi connectivity index (χ3n) is 13.2. The van der Waals surface area contributed by atoms with Gasteiger partial charge in [-0.05, 0) is 108 Å². The molecule has 10 aromatic rings. The second kappa shape index (κ2) is 12.7. The highest BCUT2D eigenvalue weighted by Gasteiger charge is 2.53. The van der Waals surface area contributed by atoms with Gasteiger partial charge in [-0.1, -0.05) is 181 Å². The van der Waals surface area contributed by atoms with Gasteiger partial charge < -0.3 is 10.2 Å². The van der Waals surface area contributed by atoms with Crippen molar-refractivity contribution in [1.82, 2.24) is 0 Å². The average Bonchev–Trinajstić information content (AvgIpc) is 3.61. The summed E-state index contributed by atoms with van der Waals surface area (Å²) >= 11 is 0. The predicted molar refractivity (Wildman–Crippen MR) is 253 cm³/mol. The molecule has 1 aliphatic carbocycles. The van der Waals surface area contributed by atoms with E-state index in [1.54, 1.807) is 0 Å². The molecule has 1 spiro atoms. The number of nitrogens with zero attached hydrogens (tertiary/aromatic N) is 1. The van der Waals surface area contributed by atoms with Gasteiger partial charge >= 0.3 is 0 Å². The summed E-state index contributed by atoms with van der Waals surface area (Å²) in [5.41, 5.74) is 20.5. The quantitative estimate of drug-likeness (QED) is 0.180. The Morgan fingerprint density at radius 3 is 1.75 bits per heavy atom. The number of anilines is 5. The minimum absolute atomic E-state index is 0.462. The third kappa shape index (κ3) is 4.60. The normalized spacial score (nSPS) is 13.6. The van der Waals surface area contributed by atoms with Gasteiger partial charge in [0.1, 0.15) is 0 Å². The number of para-hydroxylation sites is 2. The summed E-state index contributed by atoms with van der Waals surface area (Å²) in [6, 6.07) is 78.4. The fraction of sp³-hybridized carbons (Fsp3) is 0.0175. The first-order chi connectivity index (χ1) is 29.8. The highest BCUT2D eigenvalue weighted by Crippen LogP contribution is 2.63. The fourth-order valence-corrected chi connectivity index (χ4v) is 10.7. The van der Waals surface area contributed by atoms with Gasteiger partial charge in [0.15, 0.2) is 7.28 Å². The molecule has 1 N–H and O–H groups in total. The van der Waals surface area contributed by atoms with Crippen LogP contribution >= 0.6 is 0 Å². The highest BCUT2D eigenvalue weighted by atomic mass is 15.2. The Bertz CT molecular complexity index is 3340. The van der Waals surface area contributed by atoms with Crippen molar-refractivity contribution in [3.8, 4) is 33.4 Å². The molecule has 0 aromatic heterocycles. The molecular formula is C57H36BN2. The maximum atomic E-state index is 3.90. The molecule has 2 nitrogen and oxygen atoms in total. The van der Waals surface area contributed by atoms with Crippen LogP contribution in [-0.4, -0.2) is 7.28 Å². The Labute approximate surface area is 350 Å². The summed E-state index contributed by atoms with van der Waals surface area (Å²) in [5.74, 6) is 0. The summed E-state index contributed by atoms with van der Waals surface area (Å²) in [5, 5.41) is 8.75. The monoisotopic (exact) mass is 759 g/mol. The molecule has 0 atom stereocenters. The van der Waals surface area contributed by atoms with Crippen LogP contribution in [0.2, 0.25) is 0 Å². The van der Waals surface area contributed by atoms with Gasteiger partial charge in [-0.15, -0.1) is 0 Å². The molecule has 13 rings (SSSR count). The molecule has 2 aliphatic heterocycles. The van der Waals surface area contributed by atoms with Crippen LogP contribution in [0.3, 0.4) is 0 Å². The van der Waals surface area contributed by atoms with E-state index < -0.39 is 5.41 Å². The first-order valence-electron chi connectivity index (χ1n) is 20.8.